The molecule has 1 N–H and O–H groups in total. The highest BCUT2D eigenvalue weighted by molar-refractivity contribution is 7.09. The number of anilines is 1. The molecule has 16 heavy (non-hydrogen) atoms. The van der Waals surface area contributed by atoms with Crippen molar-refractivity contribution in [1.29, 1.82) is 0 Å². The van der Waals surface area contributed by atoms with Crippen molar-refractivity contribution in [2.75, 3.05) is 5.32 Å². The predicted molar refractivity (Wildman–Crippen MR) is 62.4 cm³/mol. The van der Waals surface area contributed by atoms with Gasteiger partial charge < -0.3 is 5.32 Å². The molecule has 1 fully saturated rings. The van der Waals surface area contributed by atoms with Crippen LogP contribution in [0.3, 0.4) is 0 Å². The van der Waals surface area contributed by atoms with E-state index >= 15 is 0 Å². The Morgan fingerprint density at radius 2 is 2.44 bits per heavy atom. The molecule has 2 aromatic heterocycles. The lowest BCUT2D eigenvalue weighted by Crippen LogP contribution is -1.98. The molecule has 0 atom stereocenters. The lowest BCUT2D eigenvalue weighted by Gasteiger charge is -1.97. The van der Waals surface area contributed by atoms with E-state index in [0.29, 0.717) is 5.92 Å². The van der Waals surface area contributed by atoms with Gasteiger partial charge in [-0.1, -0.05) is 0 Å². The first-order chi connectivity index (χ1) is 7.81. The van der Waals surface area contributed by atoms with Crippen LogP contribution in [0.15, 0.2) is 12.4 Å². The number of aromatic nitrogens is 4. The highest BCUT2D eigenvalue weighted by atomic mass is 32.1. The second-order valence-electron chi connectivity index (χ2n) is 4.11. The van der Waals surface area contributed by atoms with E-state index in [1.807, 2.05) is 19.4 Å². The molecule has 5 nitrogen and oxygen atoms in total. The zero-order valence-electron chi connectivity index (χ0n) is 9.05. The summed E-state index contributed by atoms with van der Waals surface area (Å²) < 4.78 is 6.14. The molecule has 1 aliphatic rings. The van der Waals surface area contributed by atoms with Crippen molar-refractivity contribution in [1.82, 2.24) is 19.1 Å². The number of hydrogen-bond acceptors (Lipinski definition) is 5. The Balaban J connectivity index is 1.61. The highest BCUT2D eigenvalue weighted by Crippen LogP contribution is 2.39. The van der Waals surface area contributed by atoms with Crippen molar-refractivity contribution < 1.29 is 0 Å². The van der Waals surface area contributed by atoms with Gasteiger partial charge in [-0.3, -0.25) is 4.68 Å². The quantitative estimate of drug-likeness (QED) is 0.877. The lowest BCUT2D eigenvalue weighted by atomic mass is 10.4. The van der Waals surface area contributed by atoms with Crippen molar-refractivity contribution >= 4 is 16.7 Å². The Kier molecular flexibility index (Phi) is 2.36. The summed E-state index contributed by atoms with van der Waals surface area (Å²) in [5.74, 6) is 1.64. The molecule has 0 aliphatic heterocycles. The second-order valence-corrected chi connectivity index (χ2v) is 4.86. The molecule has 1 saturated carbocycles. The molecular weight excluding hydrogens is 222 g/mol. The molecule has 1 aliphatic carbocycles. The first kappa shape index (κ1) is 9.77. The number of rotatable bonds is 4. The maximum atomic E-state index is 4.46. The highest BCUT2D eigenvalue weighted by Gasteiger charge is 2.27. The summed E-state index contributed by atoms with van der Waals surface area (Å²) in [6.45, 7) is 0.757. The van der Waals surface area contributed by atoms with E-state index < -0.39 is 0 Å². The van der Waals surface area contributed by atoms with Gasteiger partial charge in [-0.2, -0.15) is 9.47 Å². The van der Waals surface area contributed by atoms with E-state index in [-0.39, 0.29) is 0 Å². The normalized spacial score (nSPS) is 15.3. The smallest absolute Gasteiger partial charge is 0.202 e. The van der Waals surface area contributed by atoms with Gasteiger partial charge in [-0.05, 0) is 12.8 Å². The maximum absolute atomic E-state index is 4.46. The molecule has 0 spiro atoms. The van der Waals surface area contributed by atoms with Gasteiger partial charge in [0.05, 0.1) is 6.20 Å². The van der Waals surface area contributed by atoms with Crippen LogP contribution in [0, 0.1) is 0 Å². The summed E-state index contributed by atoms with van der Waals surface area (Å²) in [5.41, 5.74) is 1.16. The zero-order valence-corrected chi connectivity index (χ0v) is 9.87. The van der Waals surface area contributed by atoms with Gasteiger partial charge >= 0.3 is 0 Å². The van der Waals surface area contributed by atoms with Crippen LogP contribution < -0.4 is 5.32 Å². The van der Waals surface area contributed by atoms with Crippen LogP contribution in [0.1, 0.15) is 30.1 Å². The van der Waals surface area contributed by atoms with E-state index in [9.17, 15) is 0 Å². The SMILES string of the molecule is Cn1cc(CNc2nc(C3CC3)ns2)cn1. The molecule has 0 saturated heterocycles. The first-order valence-electron chi connectivity index (χ1n) is 5.36. The molecule has 0 aromatic carbocycles. The molecule has 0 radical (unpaired) electrons. The maximum Gasteiger partial charge on any atom is 0.202 e. The molecule has 0 bridgehead atoms. The fourth-order valence-electron chi connectivity index (χ4n) is 1.55. The van der Waals surface area contributed by atoms with Crippen molar-refractivity contribution in [3.8, 4) is 0 Å². The largest absolute Gasteiger partial charge is 0.356 e. The van der Waals surface area contributed by atoms with Gasteiger partial charge in [0, 0.05) is 42.8 Å². The third-order valence-corrected chi connectivity index (χ3v) is 3.27. The van der Waals surface area contributed by atoms with E-state index in [4.69, 9.17) is 0 Å². The fourth-order valence-corrected chi connectivity index (χ4v) is 2.20. The summed E-state index contributed by atoms with van der Waals surface area (Å²) >= 11 is 1.44. The molecule has 0 unspecified atom stereocenters. The van der Waals surface area contributed by atoms with Crippen LogP contribution >= 0.6 is 11.5 Å². The average Bonchev–Trinajstić information content (AvgIpc) is 2.87. The van der Waals surface area contributed by atoms with Gasteiger partial charge in [-0.15, -0.1) is 0 Å². The average molecular weight is 235 g/mol. The Hall–Kier alpha value is -1.43. The van der Waals surface area contributed by atoms with Gasteiger partial charge in [0.25, 0.3) is 0 Å². The van der Waals surface area contributed by atoms with Crippen LogP contribution in [-0.4, -0.2) is 19.1 Å². The molecule has 0 amide bonds. The van der Waals surface area contributed by atoms with Crippen LogP contribution in [0.2, 0.25) is 0 Å². The van der Waals surface area contributed by atoms with Gasteiger partial charge in [0.1, 0.15) is 5.82 Å². The lowest BCUT2D eigenvalue weighted by molar-refractivity contribution is 0.767. The van der Waals surface area contributed by atoms with E-state index in [2.05, 4.69) is 19.8 Å². The Morgan fingerprint density at radius 1 is 1.56 bits per heavy atom. The monoisotopic (exact) mass is 235 g/mol. The van der Waals surface area contributed by atoms with Crippen LogP contribution in [0.25, 0.3) is 0 Å². The van der Waals surface area contributed by atoms with Gasteiger partial charge in [0.2, 0.25) is 5.13 Å². The topological polar surface area (TPSA) is 55.6 Å². The number of hydrogen-bond donors (Lipinski definition) is 1. The van der Waals surface area contributed by atoms with Gasteiger partial charge in [0.15, 0.2) is 0 Å². The summed E-state index contributed by atoms with van der Waals surface area (Å²) in [4.78, 5) is 4.46. The van der Waals surface area contributed by atoms with Crippen LogP contribution in [-0.2, 0) is 13.6 Å². The summed E-state index contributed by atoms with van der Waals surface area (Å²) in [6, 6.07) is 0. The minimum absolute atomic E-state index is 0.630. The van der Waals surface area contributed by atoms with Crippen LogP contribution in [0.4, 0.5) is 5.13 Å². The summed E-state index contributed by atoms with van der Waals surface area (Å²) in [5, 5.41) is 8.29. The van der Waals surface area contributed by atoms with E-state index in [1.54, 1.807) is 4.68 Å². The minimum Gasteiger partial charge on any atom is -0.356 e. The molecular formula is C10H13N5S. The van der Waals surface area contributed by atoms with Crippen molar-refractivity contribution in [2.24, 2.45) is 7.05 Å². The fraction of sp³-hybridized carbons (Fsp3) is 0.500. The Labute approximate surface area is 97.7 Å². The molecule has 2 aromatic rings. The Bertz CT molecular complexity index is 485. The molecule has 84 valence electrons. The third kappa shape index (κ3) is 2.06. The zero-order chi connectivity index (χ0) is 11.0. The van der Waals surface area contributed by atoms with Crippen molar-refractivity contribution in [3.05, 3.63) is 23.8 Å². The number of nitrogens with zero attached hydrogens (tertiary/aromatic N) is 4. The van der Waals surface area contributed by atoms with Crippen molar-refractivity contribution in [2.45, 2.75) is 25.3 Å². The molecule has 3 rings (SSSR count). The molecule has 6 heteroatoms. The minimum atomic E-state index is 0.630. The number of nitrogens with one attached hydrogen (secondary N) is 1. The third-order valence-electron chi connectivity index (χ3n) is 2.59. The molecule has 2 heterocycles. The standard InChI is InChI=1S/C10H13N5S/c1-15-6-7(5-12-15)4-11-10-13-9(14-16-10)8-2-3-8/h5-6,8H,2-4H2,1H3,(H,11,13,14). The second kappa shape index (κ2) is 3.86. The van der Waals surface area contributed by atoms with E-state index in [0.717, 1.165) is 23.1 Å². The number of aryl methyl sites for hydroxylation is 1. The van der Waals surface area contributed by atoms with Gasteiger partial charge in [-0.25, -0.2) is 4.98 Å². The summed E-state index contributed by atoms with van der Waals surface area (Å²) in [7, 11) is 1.92. The first-order valence-corrected chi connectivity index (χ1v) is 6.13. The summed E-state index contributed by atoms with van der Waals surface area (Å²) in [6.07, 6.45) is 6.35. The van der Waals surface area contributed by atoms with Crippen LogP contribution in [0.5, 0.6) is 0 Å². The van der Waals surface area contributed by atoms with E-state index in [1.165, 1.54) is 24.4 Å². The predicted octanol–water partition coefficient (Wildman–Crippen LogP) is 1.76. The Morgan fingerprint density at radius 3 is 3.12 bits per heavy atom. The van der Waals surface area contributed by atoms with Crippen molar-refractivity contribution in [3.63, 3.8) is 0 Å².